The molecule has 2 atom stereocenters. The van der Waals surface area contributed by atoms with E-state index in [1.165, 1.54) is 5.56 Å². The van der Waals surface area contributed by atoms with Crippen LogP contribution in [-0.4, -0.2) is 37.1 Å². The first-order valence-electron chi connectivity index (χ1n) is 7.64. The summed E-state index contributed by atoms with van der Waals surface area (Å²) < 4.78 is 5.14. The second-order valence-electron chi connectivity index (χ2n) is 5.48. The molecule has 0 bridgehead atoms. The van der Waals surface area contributed by atoms with Gasteiger partial charge in [0.25, 0.3) is 0 Å². The van der Waals surface area contributed by atoms with Crippen LogP contribution in [-0.2, 0) is 9.53 Å². The maximum absolute atomic E-state index is 11.9. The Morgan fingerprint density at radius 2 is 2.24 bits per heavy atom. The summed E-state index contributed by atoms with van der Waals surface area (Å²) >= 11 is 0. The van der Waals surface area contributed by atoms with Gasteiger partial charge in [0.15, 0.2) is 0 Å². The van der Waals surface area contributed by atoms with Gasteiger partial charge in [0, 0.05) is 13.1 Å². The van der Waals surface area contributed by atoms with Gasteiger partial charge >= 0.3 is 5.97 Å². The lowest BCUT2D eigenvalue weighted by Gasteiger charge is -2.33. The number of likely N-dealkylation sites (tertiary alicyclic amines) is 1. The van der Waals surface area contributed by atoms with Gasteiger partial charge in [0.2, 0.25) is 0 Å². The summed E-state index contributed by atoms with van der Waals surface area (Å²) in [5.74, 6) is 5.62. The van der Waals surface area contributed by atoms with Crippen LogP contribution in [0, 0.1) is 5.92 Å². The van der Waals surface area contributed by atoms with Gasteiger partial charge in [0.05, 0.1) is 18.6 Å². The Hall–Kier alpha value is -1.43. The average molecular weight is 291 g/mol. The van der Waals surface area contributed by atoms with Crippen LogP contribution in [0.1, 0.15) is 31.4 Å². The SMILES string of the molecule is CCOC(=O)C1CCCN(C[C@H](NN)c2ccccc2)C1. The molecular weight excluding hydrogens is 266 g/mol. The van der Waals surface area contributed by atoms with Gasteiger partial charge in [-0.2, -0.15) is 0 Å². The molecule has 0 saturated carbocycles. The number of hydrogen-bond donors (Lipinski definition) is 2. The molecule has 1 aliphatic rings. The summed E-state index contributed by atoms with van der Waals surface area (Å²) in [6.07, 6.45) is 1.94. The van der Waals surface area contributed by atoms with Crippen molar-refractivity contribution in [2.24, 2.45) is 11.8 Å². The molecule has 1 fully saturated rings. The number of carbonyl (C=O) groups is 1. The predicted molar refractivity (Wildman–Crippen MR) is 82.3 cm³/mol. The Morgan fingerprint density at radius 3 is 2.90 bits per heavy atom. The van der Waals surface area contributed by atoms with Gasteiger partial charge < -0.3 is 9.64 Å². The van der Waals surface area contributed by atoms with Crippen LogP contribution in [0.5, 0.6) is 0 Å². The predicted octanol–water partition coefficient (Wildman–Crippen LogP) is 1.47. The number of nitrogens with two attached hydrogens (primary N) is 1. The van der Waals surface area contributed by atoms with Crippen molar-refractivity contribution in [3.05, 3.63) is 35.9 Å². The Labute approximate surface area is 126 Å². The average Bonchev–Trinajstić information content (AvgIpc) is 2.54. The van der Waals surface area contributed by atoms with E-state index in [9.17, 15) is 4.79 Å². The summed E-state index contributed by atoms with van der Waals surface area (Å²) in [4.78, 5) is 14.2. The van der Waals surface area contributed by atoms with E-state index in [1.807, 2.05) is 25.1 Å². The smallest absolute Gasteiger partial charge is 0.310 e. The van der Waals surface area contributed by atoms with E-state index < -0.39 is 0 Å². The molecule has 5 heteroatoms. The molecule has 1 unspecified atom stereocenters. The van der Waals surface area contributed by atoms with E-state index in [0.29, 0.717) is 6.61 Å². The molecule has 21 heavy (non-hydrogen) atoms. The van der Waals surface area contributed by atoms with Gasteiger partial charge in [-0.25, -0.2) is 0 Å². The molecule has 1 aromatic carbocycles. The fourth-order valence-electron chi connectivity index (χ4n) is 2.87. The van der Waals surface area contributed by atoms with Crippen molar-refractivity contribution < 1.29 is 9.53 Å². The number of hydrogen-bond acceptors (Lipinski definition) is 5. The van der Waals surface area contributed by atoms with Crippen molar-refractivity contribution in [1.82, 2.24) is 10.3 Å². The molecule has 5 nitrogen and oxygen atoms in total. The summed E-state index contributed by atoms with van der Waals surface area (Å²) in [7, 11) is 0. The highest BCUT2D eigenvalue weighted by Gasteiger charge is 2.28. The minimum Gasteiger partial charge on any atom is -0.466 e. The summed E-state index contributed by atoms with van der Waals surface area (Å²) in [5.41, 5.74) is 4.04. The number of carbonyl (C=O) groups excluding carboxylic acids is 1. The number of rotatable bonds is 6. The maximum Gasteiger partial charge on any atom is 0.310 e. The van der Waals surface area contributed by atoms with Crippen LogP contribution < -0.4 is 11.3 Å². The normalized spacial score (nSPS) is 21.0. The highest BCUT2D eigenvalue weighted by molar-refractivity contribution is 5.72. The minimum atomic E-state index is -0.0702. The van der Waals surface area contributed by atoms with Gasteiger partial charge in [0.1, 0.15) is 0 Å². The molecule has 116 valence electrons. The monoisotopic (exact) mass is 291 g/mol. The third kappa shape index (κ3) is 4.52. The van der Waals surface area contributed by atoms with Crippen LogP contribution in [0.2, 0.25) is 0 Å². The first-order valence-corrected chi connectivity index (χ1v) is 7.64. The second-order valence-corrected chi connectivity index (χ2v) is 5.48. The number of nitrogens with zero attached hydrogens (tertiary/aromatic N) is 1. The third-order valence-corrected chi connectivity index (χ3v) is 3.97. The first-order chi connectivity index (χ1) is 10.2. The van der Waals surface area contributed by atoms with E-state index >= 15 is 0 Å². The lowest BCUT2D eigenvalue weighted by Crippen LogP contribution is -2.44. The van der Waals surface area contributed by atoms with Gasteiger partial charge in [-0.15, -0.1) is 0 Å². The van der Waals surface area contributed by atoms with Crippen molar-refractivity contribution in [2.45, 2.75) is 25.8 Å². The largest absolute Gasteiger partial charge is 0.466 e. The van der Waals surface area contributed by atoms with Crippen molar-refractivity contribution >= 4 is 5.97 Å². The van der Waals surface area contributed by atoms with E-state index in [4.69, 9.17) is 10.6 Å². The van der Waals surface area contributed by atoms with Crippen LogP contribution in [0.3, 0.4) is 0 Å². The third-order valence-electron chi connectivity index (χ3n) is 3.97. The zero-order chi connectivity index (χ0) is 15.1. The van der Waals surface area contributed by atoms with E-state index in [2.05, 4.69) is 22.5 Å². The molecule has 0 spiro atoms. The Kier molecular flexibility index (Phi) is 6.17. The fourth-order valence-corrected chi connectivity index (χ4v) is 2.87. The van der Waals surface area contributed by atoms with E-state index in [0.717, 1.165) is 32.5 Å². The lowest BCUT2D eigenvalue weighted by atomic mass is 9.97. The zero-order valence-electron chi connectivity index (χ0n) is 12.6. The Morgan fingerprint density at radius 1 is 1.48 bits per heavy atom. The lowest BCUT2D eigenvalue weighted by molar-refractivity contribution is -0.150. The van der Waals surface area contributed by atoms with Crippen LogP contribution in [0.25, 0.3) is 0 Å². The topological polar surface area (TPSA) is 67.6 Å². The van der Waals surface area contributed by atoms with Crippen molar-refractivity contribution in [3.63, 3.8) is 0 Å². The first kappa shape index (κ1) is 15.9. The zero-order valence-corrected chi connectivity index (χ0v) is 12.6. The van der Waals surface area contributed by atoms with Crippen molar-refractivity contribution in [2.75, 3.05) is 26.2 Å². The van der Waals surface area contributed by atoms with E-state index in [-0.39, 0.29) is 17.9 Å². The summed E-state index contributed by atoms with van der Waals surface area (Å²) in [6, 6.07) is 10.2. The maximum atomic E-state index is 11.9. The molecule has 0 aromatic heterocycles. The molecule has 0 amide bonds. The quantitative estimate of drug-likeness (QED) is 0.472. The van der Waals surface area contributed by atoms with Crippen molar-refractivity contribution in [3.8, 4) is 0 Å². The van der Waals surface area contributed by atoms with Crippen LogP contribution >= 0.6 is 0 Å². The summed E-state index contributed by atoms with van der Waals surface area (Å²) in [5, 5.41) is 0. The highest BCUT2D eigenvalue weighted by atomic mass is 16.5. The number of nitrogens with one attached hydrogen (secondary N) is 1. The van der Waals surface area contributed by atoms with Gasteiger partial charge in [-0.05, 0) is 31.9 Å². The molecule has 1 aliphatic heterocycles. The number of piperidine rings is 1. The van der Waals surface area contributed by atoms with Crippen LogP contribution in [0.15, 0.2) is 30.3 Å². The molecular formula is C16H25N3O2. The van der Waals surface area contributed by atoms with E-state index in [1.54, 1.807) is 0 Å². The highest BCUT2D eigenvalue weighted by Crippen LogP contribution is 2.21. The van der Waals surface area contributed by atoms with Crippen molar-refractivity contribution in [1.29, 1.82) is 0 Å². The molecule has 2 rings (SSSR count). The number of benzene rings is 1. The summed E-state index contributed by atoms with van der Waals surface area (Å²) in [6.45, 7) is 4.86. The molecule has 0 radical (unpaired) electrons. The number of hydrazine groups is 1. The number of ether oxygens (including phenoxy) is 1. The van der Waals surface area contributed by atoms with Crippen LogP contribution in [0.4, 0.5) is 0 Å². The molecule has 0 aliphatic carbocycles. The minimum absolute atomic E-state index is 0.00658. The Balaban J connectivity index is 1.93. The number of esters is 1. The second kappa shape index (κ2) is 8.12. The molecule has 1 aromatic rings. The standard InChI is InChI=1S/C16H25N3O2/c1-2-21-16(20)14-9-6-10-19(11-14)12-15(18-17)13-7-4-3-5-8-13/h3-5,7-8,14-15,18H,2,6,9-12,17H2,1H3/t14?,15-/m0/s1. The molecule has 1 saturated heterocycles. The Bertz CT molecular complexity index is 438. The molecule has 3 N–H and O–H groups in total. The van der Waals surface area contributed by atoms with Gasteiger partial charge in [-0.1, -0.05) is 30.3 Å². The molecule has 1 heterocycles. The fraction of sp³-hybridized carbons (Fsp3) is 0.562. The van der Waals surface area contributed by atoms with Gasteiger partial charge in [-0.3, -0.25) is 16.1 Å².